The Morgan fingerprint density at radius 1 is 0.284 bits per heavy atom. The maximum absolute atomic E-state index is 14.2. The summed E-state index contributed by atoms with van der Waals surface area (Å²) in [6, 6.07) is 15.4. The van der Waals surface area contributed by atoms with Crippen LogP contribution in [0.3, 0.4) is 0 Å². The summed E-state index contributed by atoms with van der Waals surface area (Å²) in [6.45, 7) is 3.20. The first-order valence-corrected chi connectivity index (χ1v) is 27.1. The summed E-state index contributed by atoms with van der Waals surface area (Å²) in [7, 11) is 0. The van der Waals surface area contributed by atoms with E-state index in [0.717, 1.165) is 6.54 Å². The van der Waals surface area contributed by atoms with Crippen LogP contribution in [0, 0.1) is 0 Å². The van der Waals surface area contributed by atoms with Gasteiger partial charge in [0.25, 0.3) is 0 Å². The Morgan fingerprint density at radius 3 is 0.818 bits per heavy atom. The molecule has 6 aromatic carbocycles. The second kappa shape index (κ2) is 27.3. The molecule has 0 N–H and O–H groups in total. The lowest BCUT2D eigenvalue weighted by atomic mass is 9.12. The number of unbranched alkanes of at least 4 members (excludes halogenated alkanes) is 9. The number of alkyl halides is 24. The van der Waals surface area contributed by atoms with Crippen molar-refractivity contribution in [2.24, 2.45) is 0 Å². The van der Waals surface area contributed by atoms with Crippen molar-refractivity contribution >= 4 is 28.0 Å². The zero-order chi connectivity index (χ0) is 65.5. The average molecular weight is 1280 g/mol. The van der Waals surface area contributed by atoms with E-state index in [-0.39, 0.29) is 0 Å². The van der Waals surface area contributed by atoms with Crippen molar-refractivity contribution < 1.29 is 110 Å². The van der Waals surface area contributed by atoms with E-state index in [1.165, 1.54) is 92.9 Å². The minimum absolute atomic E-state index is 0.691. The van der Waals surface area contributed by atoms with Gasteiger partial charge < -0.3 is 0 Å². The molecule has 0 aliphatic heterocycles. The molecule has 0 atom stereocenters. The molecule has 0 radical (unpaired) electrons. The lowest BCUT2D eigenvalue weighted by Crippen LogP contribution is -2.75. The first kappa shape index (κ1) is 69.9. The number of rotatable bonds is 18. The van der Waals surface area contributed by atoms with Crippen LogP contribution in [0.5, 0.6) is 0 Å². The van der Waals surface area contributed by atoms with Crippen LogP contribution >= 0.6 is 0 Å². The summed E-state index contributed by atoms with van der Waals surface area (Å²) < 4.78 is 343. The summed E-state index contributed by atoms with van der Waals surface area (Å²) >= 11 is 0. The van der Waals surface area contributed by atoms with Crippen LogP contribution < -0.4 is 26.4 Å². The second-order valence-corrected chi connectivity index (χ2v) is 21.1. The van der Waals surface area contributed by atoms with Crippen molar-refractivity contribution in [3.8, 4) is 11.1 Å². The number of halogens is 24. The third-order valence-corrected chi connectivity index (χ3v) is 14.6. The van der Waals surface area contributed by atoms with E-state index < -0.39 is 195 Å². The predicted octanol–water partition coefficient (Wildman–Crippen LogP) is 19.4. The molecule has 0 saturated carbocycles. The predicted molar refractivity (Wildman–Crippen MR) is 283 cm³/mol. The number of aryl methyl sites for hydroxylation is 1. The lowest BCUT2D eigenvalue weighted by molar-refractivity contribution is -0.688. The van der Waals surface area contributed by atoms with Crippen LogP contribution in [0.25, 0.3) is 11.1 Å². The van der Waals surface area contributed by atoms with Gasteiger partial charge >= 0.3 is 49.4 Å². The van der Waals surface area contributed by atoms with Crippen LogP contribution in [0.2, 0.25) is 0 Å². The molecular weight excluding hydrogens is 1230 g/mol. The van der Waals surface area contributed by atoms with Gasteiger partial charge in [-0.2, -0.15) is 127 Å². The van der Waals surface area contributed by atoms with Crippen molar-refractivity contribution in [2.45, 2.75) is 134 Å². The van der Waals surface area contributed by atoms with Crippen molar-refractivity contribution in [3.05, 3.63) is 208 Å². The molecule has 0 spiro atoms. The highest BCUT2D eigenvalue weighted by atomic mass is 19.4. The molecule has 0 fully saturated rings. The number of hydrogen-bond donors (Lipinski definition) is 0. The van der Waals surface area contributed by atoms with E-state index in [1.54, 1.807) is 0 Å². The van der Waals surface area contributed by atoms with Gasteiger partial charge in [0.15, 0.2) is 18.9 Å². The molecule has 7 aromatic rings. The van der Waals surface area contributed by atoms with Crippen LogP contribution in [0.4, 0.5) is 105 Å². The first-order chi connectivity index (χ1) is 40.6. The summed E-state index contributed by atoms with van der Waals surface area (Å²) in [4.78, 5) is 0. The molecule has 0 bridgehead atoms. The van der Waals surface area contributed by atoms with Gasteiger partial charge in [-0.15, -0.1) is 0 Å². The highest BCUT2D eigenvalue weighted by molar-refractivity contribution is 7.20. The van der Waals surface area contributed by atoms with E-state index in [0.29, 0.717) is 0 Å². The summed E-state index contributed by atoms with van der Waals surface area (Å²) in [6.07, 6.45) is -35.2. The van der Waals surface area contributed by atoms with Crippen LogP contribution in [0.15, 0.2) is 152 Å². The molecule has 0 unspecified atom stereocenters. The highest BCUT2D eigenvalue weighted by Gasteiger charge is 2.47. The van der Waals surface area contributed by atoms with Crippen molar-refractivity contribution in [3.63, 3.8) is 0 Å². The first-order valence-electron chi connectivity index (χ1n) is 27.1. The Hall–Kier alpha value is -7.15. The van der Waals surface area contributed by atoms with Crippen LogP contribution in [-0.4, -0.2) is 6.15 Å². The van der Waals surface area contributed by atoms with E-state index in [4.69, 9.17) is 0 Å². The third kappa shape index (κ3) is 18.5. The Bertz CT molecular complexity index is 2970. The quantitative estimate of drug-likeness (QED) is 0.0349. The van der Waals surface area contributed by atoms with Gasteiger partial charge in [-0.1, -0.05) is 168 Å². The van der Waals surface area contributed by atoms with Crippen molar-refractivity contribution in [2.75, 3.05) is 0 Å². The molecule has 0 saturated heterocycles. The average Bonchev–Trinajstić information content (AvgIpc) is 0.734. The maximum atomic E-state index is 14.2. The smallest absolute Gasteiger partial charge is 0.201 e. The van der Waals surface area contributed by atoms with E-state index >= 15 is 0 Å². The fraction of sp³-hybridized carbons (Fsp3) is 0.339. The molecule has 26 heteroatoms. The minimum atomic E-state index is -6.13. The Balaban J connectivity index is 0.000000334. The van der Waals surface area contributed by atoms with Crippen molar-refractivity contribution in [1.29, 1.82) is 0 Å². The molecule has 7 rings (SSSR count). The van der Waals surface area contributed by atoms with Gasteiger partial charge in [0.2, 0.25) is 0 Å². The molecule has 476 valence electrons. The maximum Gasteiger partial charge on any atom is 0.416 e. The normalized spacial score (nSPS) is 13.1. The molecule has 0 aliphatic carbocycles. The number of benzene rings is 6. The summed E-state index contributed by atoms with van der Waals surface area (Å²) in [5, 5.41) is 0. The van der Waals surface area contributed by atoms with Gasteiger partial charge in [0.1, 0.15) is 6.15 Å². The molecule has 88 heavy (non-hydrogen) atoms. The fourth-order valence-corrected chi connectivity index (χ4v) is 10.3. The molecular formula is C62H52BF24N. The third-order valence-electron chi connectivity index (χ3n) is 14.6. The molecule has 0 aliphatic rings. The van der Waals surface area contributed by atoms with Crippen LogP contribution in [-0.2, 0) is 62.4 Å². The van der Waals surface area contributed by atoms with Gasteiger partial charge in [-0.3, -0.25) is 0 Å². The number of aromatic nitrogens is 1. The monoisotopic (exact) mass is 1280 g/mol. The lowest BCUT2D eigenvalue weighted by Gasteiger charge is -2.46. The van der Waals surface area contributed by atoms with Gasteiger partial charge in [-0.05, 0) is 53.8 Å². The summed E-state index contributed by atoms with van der Waals surface area (Å²) in [5.74, 6) is 0. The number of hydrogen-bond acceptors (Lipinski definition) is 0. The Labute approximate surface area is 489 Å². The zero-order valence-electron chi connectivity index (χ0n) is 46.0. The Kier molecular flexibility index (Phi) is 21.7. The van der Waals surface area contributed by atoms with Gasteiger partial charge in [-0.25, -0.2) is 4.57 Å². The summed E-state index contributed by atoms with van der Waals surface area (Å²) in [5.41, 5.74) is -24.8. The number of pyridine rings is 1. The topological polar surface area (TPSA) is 3.88 Å². The minimum Gasteiger partial charge on any atom is -0.201 e. The fourth-order valence-electron chi connectivity index (χ4n) is 10.3. The zero-order valence-corrected chi connectivity index (χ0v) is 46.0. The van der Waals surface area contributed by atoms with Gasteiger partial charge in [0.05, 0.1) is 44.5 Å². The van der Waals surface area contributed by atoms with E-state index in [2.05, 4.69) is 90.6 Å². The second-order valence-electron chi connectivity index (χ2n) is 21.1. The molecule has 0 amide bonds. The molecule has 1 nitrogen and oxygen atoms in total. The molecule has 1 aromatic heterocycles. The standard InChI is InChI=1S/C32H12BF24.C30H40N/c34-25(35,36)13-1-14(26(37,38)39)6-21(5-13)33(22-7-15(27(40,41)42)2-16(8-22)28(43,44)45,23-9-17(29(46,47)48)3-18(10-23)30(49,50)51)24-11-19(31(52,53)54)4-20(12-24)32(55,56)57;1-2-3-4-5-6-7-8-9-10-12-15-27-18-20-29(21-19-27)30-22-24-31(25-23-30)26-28-16-13-11-14-17-28/h1-12H;11,13-14,16-25H,2-10,12,15,26H2,1H3/q-1;+1. The van der Waals surface area contributed by atoms with Crippen molar-refractivity contribution in [1.82, 2.24) is 0 Å². The largest absolute Gasteiger partial charge is 0.416 e. The van der Waals surface area contributed by atoms with E-state index in [9.17, 15) is 105 Å². The highest BCUT2D eigenvalue weighted by Crippen LogP contribution is 2.42. The number of nitrogens with zero attached hydrogens (tertiary/aromatic N) is 1. The molecule has 1 heterocycles. The van der Waals surface area contributed by atoms with E-state index in [1.807, 2.05) is 0 Å². The van der Waals surface area contributed by atoms with Crippen LogP contribution in [0.1, 0.15) is 127 Å². The SMILES string of the molecule is CCCCCCCCCCCCc1ccc(-c2cc[n+](Cc3ccccc3)cc2)cc1.FC(F)(F)c1cc([B-](c2cc(C(F)(F)F)cc(C(F)(F)F)c2)(c2cc(C(F)(F)F)cc(C(F)(F)F)c2)c2cc(C(F)(F)F)cc(C(F)(F)F)c2)cc(C(F)(F)F)c1. The van der Waals surface area contributed by atoms with Gasteiger partial charge in [0, 0.05) is 17.7 Å². The Morgan fingerprint density at radius 2 is 0.545 bits per heavy atom.